The van der Waals surface area contributed by atoms with Gasteiger partial charge in [-0.05, 0) is 30.9 Å². The summed E-state index contributed by atoms with van der Waals surface area (Å²) in [5.41, 5.74) is 1.07. The maximum atomic E-state index is 11.8. The molecule has 0 bridgehead atoms. The van der Waals surface area contributed by atoms with Gasteiger partial charge in [0.25, 0.3) is 5.56 Å². The number of imidazole rings is 1. The maximum absolute atomic E-state index is 11.8. The second-order valence-electron chi connectivity index (χ2n) is 6.36. The van der Waals surface area contributed by atoms with E-state index in [2.05, 4.69) is 20.3 Å². The Hall–Kier alpha value is -2.67. The standard InChI is InChI=1S/C17H19N5O2/c23-15-7-11(9-22-5-4-18-10-22)6-14(15)20-13-8-16(24)21-17-12(13)2-1-3-19-17/h1-5,8,10-11,14-15,23H,6-7,9H2,(H2,19,20,21,24)/t11?,14-,15-/m1/s1. The van der Waals surface area contributed by atoms with Gasteiger partial charge >= 0.3 is 0 Å². The van der Waals surface area contributed by atoms with Gasteiger partial charge in [0.05, 0.1) is 24.2 Å². The number of aromatic amines is 1. The molecule has 0 radical (unpaired) electrons. The van der Waals surface area contributed by atoms with E-state index in [1.807, 2.05) is 22.9 Å². The number of fused-ring (bicyclic) bond motifs is 1. The molecule has 1 saturated carbocycles. The van der Waals surface area contributed by atoms with Gasteiger partial charge in [-0.2, -0.15) is 0 Å². The first-order valence-corrected chi connectivity index (χ1v) is 8.07. The average Bonchev–Trinajstić information content (AvgIpc) is 3.18. The van der Waals surface area contributed by atoms with Crippen LogP contribution in [0, 0.1) is 5.92 Å². The highest BCUT2D eigenvalue weighted by Gasteiger charge is 2.33. The number of hydrogen-bond donors (Lipinski definition) is 3. The lowest BCUT2D eigenvalue weighted by atomic mass is 10.1. The number of H-pyrrole nitrogens is 1. The molecule has 24 heavy (non-hydrogen) atoms. The largest absolute Gasteiger partial charge is 0.391 e. The molecular formula is C17H19N5O2. The molecule has 0 aliphatic heterocycles. The zero-order valence-electron chi connectivity index (χ0n) is 13.1. The molecule has 1 fully saturated rings. The number of nitrogens with one attached hydrogen (secondary N) is 2. The van der Waals surface area contributed by atoms with E-state index in [1.165, 1.54) is 6.07 Å². The Labute approximate surface area is 138 Å². The van der Waals surface area contributed by atoms with Crippen LogP contribution in [-0.2, 0) is 6.54 Å². The number of aliphatic hydroxyl groups is 1. The van der Waals surface area contributed by atoms with E-state index in [-0.39, 0.29) is 11.6 Å². The second-order valence-corrected chi connectivity index (χ2v) is 6.36. The lowest BCUT2D eigenvalue weighted by Gasteiger charge is -2.18. The SMILES string of the molecule is O=c1cc(N[C@@H]2CC(Cn3ccnc3)C[C@H]2O)c2cccnc2[nH]1. The number of hydrogen-bond acceptors (Lipinski definition) is 5. The number of pyridine rings is 2. The maximum Gasteiger partial charge on any atom is 0.251 e. The van der Waals surface area contributed by atoms with Crippen molar-refractivity contribution in [1.82, 2.24) is 19.5 Å². The summed E-state index contributed by atoms with van der Waals surface area (Å²) >= 11 is 0. The van der Waals surface area contributed by atoms with Gasteiger partial charge < -0.3 is 20.0 Å². The van der Waals surface area contributed by atoms with Gasteiger partial charge in [-0.15, -0.1) is 0 Å². The zero-order chi connectivity index (χ0) is 16.5. The fourth-order valence-corrected chi connectivity index (χ4v) is 3.52. The average molecular weight is 325 g/mol. The van der Waals surface area contributed by atoms with Gasteiger partial charge in [-0.25, -0.2) is 9.97 Å². The van der Waals surface area contributed by atoms with E-state index >= 15 is 0 Å². The number of anilines is 1. The van der Waals surface area contributed by atoms with Crippen molar-refractivity contribution in [1.29, 1.82) is 0 Å². The topological polar surface area (TPSA) is 95.8 Å². The van der Waals surface area contributed by atoms with E-state index in [4.69, 9.17) is 0 Å². The third kappa shape index (κ3) is 2.90. The highest BCUT2D eigenvalue weighted by atomic mass is 16.3. The molecule has 3 aromatic rings. The number of nitrogens with zero attached hydrogens (tertiary/aromatic N) is 3. The Balaban J connectivity index is 1.54. The predicted octanol–water partition coefficient (Wildman–Crippen LogP) is 1.37. The van der Waals surface area contributed by atoms with Gasteiger partial charge in [0.15, 0.2) is 0 Å². The molecule has 1 aliphatic rings. The second kappa shape index (κ2) is 6.09. The summed E-state index contributed by atoms with van der Waals surface area (Å²) < 4.78 is 2.03. The molecule has 3 aromatic heterocycles. The Morgan fingerprint density at radius 1 is 1.38 bits per heavy atom. The summed E-state index contributed by atoms with van der Waals surface area (Å²) in [4.78, 5) is 22.8. The highest BCUT2D eigenvalue weighted by Crippen LogP contribution is 2.31. The fraction of sp³-hybridized carbons (Fsp3) is 0.353. The summed E-state index contributed by atoms with van der Waals surface area (Å²) in [6, 6.07) is 5.19. The first-order chi connectivity index (χ1) is 11.7. The minimum absolute atomic E-state index is 0.0799. The van der Waals surface area contributed by atoms with Crippen molar-refractivity contribution in [3.8, 4) is 0 Å². The predicted molar refractivity (Wildman–Crippen MR) is 90.7 cm³/mol. The molecule has 7 heteroatoms. The van der Waals surface area contributed by atoms with Crippen LogP contribution in [0.2, 0.25) is 0 Å². The molecule has 0 amide bonds. The van der Waals surface area contributed by atoms with Gasteiger partial charge in [0.2, 0.25) is 0 Å². The molecule has 0 saturated heterocycles. The number of aliphatic hydroxyl groups excluding tert-OH is 1. The minimum Gasteiger partial charge on any atom is -0.391 e. The third-order valence-electron chi connectivity index (χ3n) is 4.61. The van der Waals surface area contributed by atoms with Crippen LogP contribution in [0.4, 0.5) is 5.69 Å². The van der Waals surface area contributed by atoms with Crippen molar-refractivity contribution < 1.29 is 5.11 Å². The summed E-state index contributed by atoms with van der Waals surface area (Å²) in [5, 5.41) is 14.6. The van der Waals surface area contributed by atoms with Crippen LogP contribution in [0.1, 0.15) is 12.8 Å². The molecule has 0 spiro atoms. The van der Waals surface area contributed by atoms with Gasteiger partial charge in [-0.3, -0.25) is 4.79 Å². The molecule has 1 aliphatic carbocycles. The van der Waals surface area contributed by atoms with Crippen molar-refractivity contribution in [2.75, 3.05) is 5.32 Å². The van der Waals surface area contributed by atoms with E-state index in [0.717, 1.165) is 24.8 Å². The van der Waals surface area contributed by atoms with Crippen LogP contribution >= 0.6 is 0 Å². The fourth-order valence-electron chi connectivity index (χ4n) is 3.52. The summed E-state index contributed by atoms with van der Waals surface area (Å²) in [6.07, 6.45) is 8.27. The Kier molecular flexibility index (Phi) is 3.78. The van der Waals surface area contributed by atoms with Gasteiger partial charge in [-0.1, -0.05) is 0 Å². The quantitative estimate of drug-likeness (QED) is 0.673. The molecular weight excluding hydrogens is 306 g/mol. The molecule has 3 heterocycles. The van der Waals surface area contributed by atoms with E-state index in [0.29, 0.717) is 17.3 Å². The van der Waals surface area contributed by atoms with Gasteiger partial charge in [0, 0.05) is 36.6 Å². The van der Waals surface area contributed by atoms with Crippen molar-refractivity contribution in [3.05, 3.63) is 53.5 Å². The highest BCUT2D eigenvalue weighted by molar-refractivity contribution is 5.88. The molecule has 4 rings (SSSR count). The molecule has 3 atom stereocenters. The van der Waals surface area contributed by atoms with Crippen LogP contribution in [0.3, 0.4) is 0 Å². The summed E-state index contributed by atoms with van der Waals surface area (Å²) in [7, 11) is 0. The monoisotopic (exact) mass is 325 g/mol. The Morgan fingerprint density at radius 2 is 2.29 bits per heavy atom. The Bertz CT molecular complexity index is 889. The van der Waals surface area contributed by atoms with Crippen LogP contribution in [0.25, 0.3) is 11.0 Å². The summed E-state index contributed by atoms with van der Waals surface area (Å²) in [5.74, 6) is 0.373. The Morgan fingerprint density at radius 3 is 3.12 bits per heavy atom. The summed E-state index contributed by atoms with van der Waals surface area (Å²) in [6.45, 7) is 0.840. The van der Waals surface area contributed by atoms with Crippen molar-refractivity contribution in [2.24, 2.45) is 5.92 Å². The van der Waals surface area contributed by atoms with E-state index in [1.54, 1.807) is 18.7 Å². The normalized spacial score (nSPS) is 23.6. The van der Waals surface area contributed by atoms with E-state index in [9.17, 15) is 9.90 Å². The molecule has 1 unspecified atom stereocenters. The van der Waals surface area contributed by atoms with Crippen LogP contribution < -0.4 is 10.9 Å². The molecule has 7 nitrogen and oxygen atoms in total. The van der Waals surface area contributed by atoms with E-state index < -0.39 is 6.10 Å². The van der Waals surface area contributed by atoms with Crippen molar-refractivity contribution in [2.45, 2.75) is 31.5 Å². The molecule has 3 N–H and O–H groups in total. The van der Waals surface area contributed by atoms with Crippen LogP contribution in [0.5, 0.6) is 0 Å². The smallest absolute Gasteiger partial charge is 0.251 e. The molecule has 0 aromatic carbocycles. The third-order valence-corrected chi connectivity index (χ3v) is 4.61. The van der Waals surface area contributed by atoms with Crippen molar-refractivity contribution >= 4 is 16.7 Å². The van der Waals surface area contributed by atoms with Crippen LogP contribution in [0.15, 0.2) is 47.9 Å². The van der Waals surface area contributed by atoms with Crippen molar-refractivity contribution in [3.63, 3.8) is 0 Å². The molecule has 124 valence electrons. The minimum atomic E-state index is -0.440. The first-order valence-electron chi connectivity index (χ1n) is 8.07. The zero-order valence-corrected chi connectivity index (χ0v) is 13.1. The number of aromatic nitrogens is 4. The lowest BCUT2D eigenvalue weighted by Crippen LogP contribution is -2.28. The first kappa shape index (κ1) is 14.9. The lowest BCUT2D eigenvalue weighted by molar-refractivity contribution is 0.166. The van der Waals surface area contributed by atoms with Gasteiger partial charge in [0.1, 0.15) is 5.65 Å². The van der Waals surface area contributed by atoms with Crippen LogP contribution in [-0.4, -0.2) is 36.8 Å². The number of rotatable bonds is 4.